The van der Waals surface area contributed by atoms with Crippen LogP contribution in [0.1, 0.15) is 30.0 Å². The minimum atomic E-state index is -3.43. The number of nitrogen functional groups attached to an aromatic ring is 1. The lowest BCUT2D eigenvalue weighted by molar-refractivity contribution is 0.309. The van der Waals surface area contributed by atoms with Crippen molar-refractivity contribution >= 4 is 15.9 Å². The summed E-state index contributed by atoms with van der Waals surface area (Å²) in [7, 11) is -3.43. The van der Waals surface area contributed by atoms with Gasteiger partial charge < -0.3 is 10.3 Å². The summed E-state index contributed by atoms with van der Waals surface area (Å²) < 4.78 is 31.9. The molecule has 0 spiro atoms. The third-order valence-electron chi connectivity index (χ3n) is 4.13. The maximum absolute atomic E-state index is 12.7. The number of aryl methyl sites for hydroxylation is 1. The molecule has 6 nitrogen and oxygen atoms in total. The van der Waals surface area contributed by atoms with E-state index in [1.807, 2.05) is 19.1 Å². The molecular formula is C15H19N3O3S. The van der Waals surface area contributed by atoms with Crippen LogP contribution in [0.2, 0.25) is 0 Å². The Morgan fingerprint density at radius 2 is 1.95 bits per heavy atom. The van der Waals surface area contributed by atoms with Crippen molar-refractivity contribution < 1.29 is 12.9 Å². The van der Waals surface area contributed by atoms with Gasteiger partial charge in [0.2, 0.25) is 15.9 Å². The molecule has 2 heterocycles. The molecule has 0 aliphatic carbocycles. The van der Waals surface area contributed by atoms with Crippen LogP contribution in [0.5, 0.6) is 0 Å². The lowest BCUT2D eigenvalue weighted by Gasteiger charge is -2.30. The molecule has 1 aliphatic heterocycles. The first kappa shape index (κ1) is 15.1. The predicted octanol–water partition coefficient (Wildman–Crippen LogP) is 2.13. The van der Waals surface area contributed by atoms with E-state index in [0.29, 0.717) is 23.9 Å². The van der Waals surface area contributed by atoms with Gasteiger partial charge in [-0.3, -0.25) is 0 Å². The van der Waals surface area contributed by atoms with Gasteiger partial charge in [-0.25, -0.2) is 8.42 Å². The number of hydrogen-bond donors (Lipinski definition) is 1. The second-order valence-electron chi connectivity index (χ2n) is 5.60. The Hall–Kier alpha value is -1.86. The van der Waals surface area contributed by atoms with Gasteiger partial charge in [-0.2, -0.15) is 4.31 Å². The van der Waals surface area contributed by atoms with Crippen molar-refractivity contribution in [2.45, 2.75) is 30.6 Å². The molecule has 3 rings (SSSR count). The summed E-state index contributed by atoms with van der Waals surface area (Å²) in [5.74, 6) is 0.495. The normalized spacial score (nSPS) is 17.7. The zero-order valence-corrected chi connectivity index (χ0v) is 13.2. The van der Waals surface area contributed by atoms with E-state index in [4.69, 9.17) is 10.3 Å². The monoisotopic (exact) mass is 321 g/mol. The SMILES string of the molecule is Cc1ccccc1S(=O)(=O)N1CCC(c2cc(N)on2)CC1. The van der Waals surface area contributed by atoms with E-state index in [1.54, 1.807) is 22.5 Å². The topological polar surface area (TPSA) is 89.4 Å². The second kappa shape index (κ2) is 5.73. The number of benzene rings is 1. The van der Waals surface area contributed by atoms with Crippen molar-refractivity contribution in [1.82, 2.24) is 9.46 Å². The summed E-state index contributed by atoms with van der Waals surface area (Å²) in [6.45, 7) is 2.78. The number of anilines is 1. The third-order valence-corrected chi connectivity index (χ3v) is 6.19. The van der Waals surface area contributed by atoms with Crippen molar-refractivity contribution in [3.05, 3.63) is 41.6 Å². The molecule has 0 atom stereocenters. The first-order chi connectivity index (χ1) is 10.5. The van der Waals surface area contributed by atoms with Crippen molar-refractivity contribution in [3.8, 4) is 0 Å². The fraction of sp³-hybridized carbons (Fsp3) is 0.400. The number of nitrogens with two attached hydrogens (primary N) is 1. The number of sulfonamides is 1. The maximum atomic E-state index is 12.7. The first-order valence-corrected chi connectivity index (χ1v) is 8.70. The van der Waals surface area contributed by atoms with E-state index in [2.05, 4.69) is 5.16 Å². The standard InChI is InChI=1S/C15H19N3O3S/c1-11-4-2-3-5-14(11)22(19,20)18-8-6-12(7-9-18)13-10-15(16)21-17-13/h2-5,10,12H,6-9,16H2,1H3. The Kier molecular flexibility index (Phi) is 3.92. The number of rotatable bonds is 3. The predicted molar refractivity (Wildman–Crippen MR) is 82.8 cm³/mol. The number of hydrogen-bond acceptors (Lipinski definition) is 5. The summed E-state index contributed by atoms with van der Waals surface area (Å²) in [5.41, 5.74) is 7.12. The Labute approximate surface area is 129 Å². The molecule has 118 valence electrons. The fourth-order valence-electron chi connectivity index (χ4n) is 2.87. The summed E-state index contributed by atoms with van der Waals surface area (Å²) in [4.78, 5) is 0.388. The number of nitrogens with zero attached hydrogens (tertiary/aromatic N) is 2. The van der Waals surface area contributed by atoms with Crippen LogP contribution >= 0.6 is 0 Å². The lowest BCUT2D eigenvalue weighted by Crippen LogP contribution is -2.38. The molecule has 2 N–H and O–H groups in total. The highest BCUT2D eigenvalue weighted by Gasteiger charge is 2.31. The van der Waals surface area contributed by atoms with Gasteiger partial charge in [0.15, 0.2) is 0 Å². The highest BCUT2D eigenvalue weighted by molar-refractivity contribution is 7.89. The quantitative estimate of drug-likeness (QED) is 0.935. The van der Waals surface area contributed by atoms with E-state index in [1.165, 1.54) is 0 Å². The number of piperidine rings is 1. The Bertz CT molecular complexity index is 762. The molecule has 0 unspecified atom stereocenters. The molecule has 1 saturated heterocycles. The molecule has 0 radical (unpaired) electrons. The Morgan fingerprint density at radius 1 is 1.27 bits per heavy atom. The average Bonchev–Trinajstić information content (AvgIpc) is 2.94. The summed E-state index contributed by atoms with van der Waals surface area (Å²) in [5, 5.41) is 3.93. The van der Waals surface area contributed by atoms with Gasteiger partial charge in [-0.15, -0.1) is 0 Å². The fourth-order valence-corrected chi connectivity index (χ4v) is 4.57. The highest BCUT2D eigenvalue weighted by atomic mass is 32.2. The smallest absolute Gasteiger partial charge is 0.243 e. The molecule has 7 heteroatoms. The van der Waals surface area contributed by atoms with Gasteiger partial charge in [-0.1, -0.05) is 23.4 Å². The van der Waals surface area contributed by atoms with Gasteiger partial charge in [0.1, 0.15) is 0 Å². The Morgan fingerprint density at radius 3 is 2.55 bits per heavy atom. The van der Waals surface area contributed by atoms with Crippen molar-refractivity contribution in [3.63, 3.8) is 0 Å². The zero-order valence-electron chi connectivity index (χ0n) is 12.4. The minimum Gasteiger partial charge on any atom is -0.368 e. The molecule has 1 fully saturated rings. The molecular weight excluding hydrogens is 302 g/mol. The lowest BCUT2D eigenvalue weighted by atomic mass is 9.95. The van der Waals surface area contributed by atoms with E-state index >= 15 is 0 Å². The van der Waals surface area contributed by atoms with Gasteiger partial charge in [0, 0.05) is 25.1 Å². The van der Waals surface area contributed by atoms with E-state index in [9.17, 15) is 8.42 Å². The summed E-state index contributed by atoms with van der Waals surface area (Å²) >= 11 is 0. The van der Waals surface area contributed by atoms with Crippen LogP contribution in [0.15, 0.2) is 39.8 Å². The molecule has 1 aliphatic rings. The van der Waals surface area contributed by atoms with Gasteiger partial charge >= 0.3 is 0 Å². The van der Waals surface area contributed by atoms with Crippen molar-refractivity contribution in [2.24, 2.45) is 0 Å². The van der Waals surface area contributed by atoms with Crippen LogP contribution in [0.25, 0.3) is 0 Å². The van der Waals surface area contributed by atoms with Crippen LogP contribution in [-0.4, -0.2) is 31.0 Å². The van der Waals surface area contributed by atoms with E-state index in [-0.39, 0.29) is 5.92 Å². The zero-order chi connectivity index (χ0) is 15.7. The van der Waals surface area contributed by atoms with Crippen LogP contribution in [0, 0.1) is 6.92 Å². The van der Waals surface area contributed by atoms with Gasteiger partial charge in [0.05, 0.1) is 10.6 Å². The van der Waals surface area contributed by atoms with Crippen LogP contribution in [0.4, 0.5) is 5.88 Å². The molecule has 0 amide bonds. The van der Waals surface area contributed by atoms with Crippen LogP contribution < -0.4 is 5.73 Å². The molecule has 22 heavy (non-hydrogen) atoms. The largest absolute Gasteiger partial charge is 0.368 e. The van der Waals surface area contributed by atoms with Gasteiger partial charge in [0.25, 0.3) is 0 Å². The first-order valence-electron chi connectivity index (χ1n) is 7.26. The maximum Gasteiger partial charge on any atom is 0.243 e. The van der Waals surface area contributed by atoms with Gasteiger partial charge in [-0.05, 0) is 31.4 Å². The molecule has 1 aromatic heterocycles. The number of aromatic nitrogens is 1. The molecule has 1 aromatic carbocycles. The van der Waals surface area contributed by atoms with Crippen molar-refractivity contribution in [2.75, 3.05) is 18.8 Å². The minimum absolute atomic E-state index is 0.198. The summed E-state index contributed by atoms with van der Waals surface area (Å²) in [6.07, 6.45) is 1.44. The van der Waals surface area contributed by atoms with E-state index in [0.717, 1.165) is 24.1 Å². The van der Waals surface area contributed by atoms with E-state index < -0.39 is 10.0 Å². The third kappa shape index (κ3) is 2.74. The molecule has 0 saturated carbocycles. The molecule has 0 bridgehead atoms. The van der Waals surface area contributed by atoms with Crippen LogP contribution in [0.3, 0.4) is 0 Å². The second-order valence-corrected chi connectivity index (χ2v) is 7.50. The molecule has 2 aromatic rings. The highest BCUT2D eigenvalue weighted by Crippen LogP contribution is 2.31. The average molecular weight is 321 g/mol. The Balaban J connectivity index is 1.75. The summed E-state index contributed by atoms with van der Waals surface area (Å²) in [6, 6.07) is 8.80. The van der Waals surface area contributed by atoms with Crippen molar-refractivity contribution in [1.29, 1.82) is 0 Å². The van der Waals surface area contributed by atoms with Crippen LogP contribution in [-0.2, 0) is 10.0 Å².